The lowest BCUT2D eigenvalue weighted by molar-refractivity contribution is -0.178. The molecule has 0 aromatic rings. The van der Waals surface area contributed by atoms with E-state index in [9.17, 15) is 91.1 Å². The van der Waals surface area contributed by atoms with Crippen molar-refractivity contribution in [2.45, 2.75) is 336 Å². The minimum atomic E-state index is -0.933. The summed E-state index contributed by atoms with van der Waals surface area (Å²) in [4.78, 5) is 229. The van der Waals surface area contributed by atoms with Gasteiger partial charge in [0.15, 0.2) is 56.4 Å². The number of esters is 19. The summed E-state index contributed by atoms with van der Waals surface area (Å²) in [5, 5.41) is 0. The van der Waals surface area contributed by atoms with Crippen LogP contribution in [0.25, 0.3) is 0 Å². The fraction of sp³-hybridized carbons (Fsp3) is 0.808. The van der Waals surface area contributed by atoms with Gasteiger partial charge in [-0.05, 0) is 151 Å². The fourth-order valence-corrected chi connectivity index (χ4v) is 23.4. The Balaban J connectivity index is 0.000000135. The molecule has 0 amide bonds. The molecule has 0 N–H and O–H groups in total. The number of hydrogen-bond donors (Lipinski definition) is 0. The molecular formula is C99H134O41. The van der Waals surface area contributed by atoms with E-state index in [1.54, 1.807) is 55.4 Å². The van der Waals surface area contributed by atoms with E-state index in [1.165, 1.54) is 14.2 Å². The highest BCUT2D eigenvalue weighted by Gasteiger charge is 2.76. The highest BCUT2D eigenvalue weighted by molar-refractivity contribution is 5.91. The van der Waals surface area contributed by atoms with E-state index in [1.807, 2.05) is 62.3 Å². The third-order valence-electron chi connectivity index (χ3n) is 33.2. The average Bonchev–Trinajstić information content (AvgIpc) is 1.55. The zero-order valence-corrected chi connectivity index (χ0v) is 82.7. The number of methoxy groups -OCH3 is 2. The molecule has 0 aromatic carbocycles. The molecule has 7 saturated carbocycles. The quantitative estimate of drug-likeness (QED) is 0.0533. The van der Waals surface area contributed by atoms with Crippen LogP contribution in [0.4, 0.5) is 0 Å². The number of ether oxygens (including phenoxy) is 22. The fourth-order valence-electron chi connectivity index (χ4n) is 23.4. The zero-order chi connectivity index (χ0) is 102. The third-order valence-corrected chi connectivity index (χ3v) is 33.2. The lowest BCUT2D eigenvalue weighted by atomic mass is 9.78. The predicted molar refractivity (Wildman–Crippen MR) is 465 cm³/mol. The Morgan fingerprint density at radius 1 is 0.336 bits per heavy atom. The lowest BCUT2D eigenvalue weighted by Gasteiger charge is -2.34. The summed E-state index contributed by atoms with van der Waals surface area (Å²) in [6, 6.07) is 0. The van der Waals surface area contributed by atoms with E-state index in [0.717, 1.165) is 38.5 Å². The van der Waals surface area contributed by atoms with Gasteiger partial charge in [-0.2, -0.15) is 0 Å². The number of fused-ring (bicyclic) bond motifs is 6. The highest BCUT2D eigenvalue weighted by Crippen LogP contribution is 2.63. The maximum absolute atomic E-state index is 13.2. The molecular weight excluding hydrogens is 1850 g/mol. The zero-order valence-electron chi connectivity index (χ0n) is 82.7. The molecule has 19 fully saturated rings. The molecule has 0 radical (unpaired) electrons. The normalized spacial score (nSPS) is 37.4. The molecule has 19 aliphatic rings. The molecule has 7 aliphatic carbocycles. The maximum atomic E-state index is 13.2. The second-order valence-electron chi connectivity index (χ2n) is 42.2. The number of carbonyl (C=O) groups excluding carboxylic acids is 19. The average molecular weight is 1980 g/mol. The van der Waals surface area contributed by atoms with E-state index >= 15 is 0 Å². The van der Waals surface area contributed by atoms with Gasteiger partial charge in [0.1, 0.15) is 78.5 Å². The predicted octanol–water partition coefficient (Wildman–Crippen LogP) is 6.43. The minimum absolute atomic E-state index is 0.0263. The van der Waals surface area contributed by atoms with Gasteiger partial charge in [-0.3, -0.25) is 76.7 Å². The standard InChI is InChI=1S/C24H34O8.C17H22O9.C16H22O6.C15H20O7.C15H20O6.C12H16O5/c1-5-23(3,4)22(28)29-12-15(25)30-18-14-11-13-16(20(26)31-19(13)18)17(14)21(27)32-24(6-2)9-7-8-10-24;1-5-17(2,3)16(21)23-6-7(18)24-12-10-8(14(19)22-4)9-11(25-10)13(12)26-15(9)20;1-4-7(3)14(17)21-12-8-6-9-11(16(19)22-13(9)12)10(8)15(18)20-5-2;1-4-15(2,3)14(18)19-6-9(16)21-11-8-5-7-10(20-8)12(11)22-13(7)17;1-4-6(2)13(16)20-11-7-5-8-10(9(7)14(17)19-3)15(18)21-12(8)11;1-3-5(2)11(13)16-9-7-4-6-8(15-7)10(9)17-12(6)14/h13-14,16-19H,5-12H2,1-4H3;8-13H,5-6H2,1-4H3;7-13H,4-6H2,1-3H3;7-8,10-12H,4-6H2,1-3H3;6-12H,4-5H2,1-3H3;5-10H,3-4H2,1-2H3. The summed E-state index contributed by atoms with van der Waals surface area (Å²) in [7, 11) is 2.52. The van der Waals surface area contributed by atoms with Crippen LogP contribution in [0.5, 0.6) is 0 Å². The van der Waals surface area contributed by atoms with Crippen molar-refractivity contribution in [3.63, 3.8) is 0 Å². The van der Waals surface area contributed by atoms with Crippen LogP contribution in [0.1, 0.15) is 220 Å². The van der Waals surface area contributed by atoms with Crippen molar-refractivity contribution in [1.29, 1.82) is 0 Å². The monoisotopic (exact) mass is 1980 g/mol. The Kier molecular flexibility index (Phi) is 31.7. The van der Waals surface area contributed by atoms with Gasteiger partial charge < -0.3 is 104 Å². The third kappa shape index (κ3) is 19.8. The SMILES string of the molecule is CCC(C)(C)C(=O)OCC(=O)OC1C2CC3C(=O)OC1C3O2.CCC(C)(C)C(=O)OCC(=O)OC1C2OC(=O)C3C2OC1C3C(=O)OC.CCC(C)C(=O)OC1C2CC3C(=O)OC1C3O2.CCC(C)C(=O)OC1C2CC3C1OC(=O)C3C2C(=O)OC.CCC1(OC(=O)C2C3CC4C(OC(=O)C42)C3OC(=O)COC(=O)C(C)(C)CC)CCCC1.CCOC(=O)C1C2CC3C(OC(=O)C31)C2OC(=O)C(C)CC. The van der Waals surface area contributed by atoms with E-state index in [0.29, 0.717) is 64.2 Å². The molecule has 140 heavy (non-hydrogen) atoms. The topological polar surface area (TPSA) is 527 Å². The molecule has 12 aliphatic heterocycles. The summed E-state index contributed by atoms with van der Waals surface area (Å²) >= 11 is 0. The van der Waals surface area contributed by atoms with Gasteiger partial charge in [-0.15, -0.1) is 0 Å². The second kappa shape index (κ2) is 42.0. The van der Waals surface area contributed by atoms with Crippen molar-refractivity contribution in [2.75, 3.05) is 40.6 Å². The molecule has 12 bridgehead atoms. The van der Waals surface area contributed by atoms with Crippen LogP contribution >= 0.6 is 0 Å². The molecule has 12 heterocycles. The van der Waals surface area contributed by atoms with Crippen molar-refractivity contribution in [2.24, 2.45) is 129 Å². The van der Waals surface area contributed by atoms with Gasteiger partial charge in [-0.1, -0.05) is 69.2 Å². The highest BCUT2D eigenvalue weighted by atomic mass is 16.7. The number of carbonyl (C=O) groups is 19. The van der Waals surface area contributed by atoms with Crippen molar-refractivity contribution in [3.8, 4) is 0 Å². The van der Waals surface area contributed by atoms with E-state index < -0.39 is 216 Å². The van der Waals surface area contributed by atoms with Crippen molar-refractivity contribution in [3.05, 3.63) is 0 Å². The van der Waals surface area contributed by atoms with Gasteiger partial charge in [0.2, 0.25) is 0 Å². The molecule has 776 valence electrons. The minimum Gasteiger partial charge on any atom is -0.469 e. The van der Waals surface area contributed by atoms with Gasteiger partial charge in [-0.25, -0.2) is 14.4 Å². The first kappa shape index (κ1) is 106. The first-order valence-corrected chi connectivity index (χ1v) is 49.7. The smallest absolute Gasteiger partial charge is 0.344 e. The molecule has 12 saturated heterocycles. The number of hydrogen-bond acceptors (Lipinski definition) is 41. The molecule has 37 atom stereocenters. The summed E-state index contributed by atoms with van der Waals surface area (Å²) in [6.07, 6.45) is 2.36. The Morgan fingerprint density at radius 3 is 1.03 bits per heavy atom. The first-order valence-electron chi connectivity index (χ1n) is 49.7. The lowest BCUT2D eigenvalue weighted by Crippen LogP contribution is -2.48. The molecule has 41 heteroatoms. The van der Waals surface area contributed by atoms with Crippen LogP contribution in [0.15, 0.2) is 0 Å². The first-order chi connectivity index (χ1) is 66.3. The Hall–Kier alpha value is -10.2. The largest absolute Gasteiger partial charge is 0.469 e. The van der Waals surface area contributed by atoms with Gasteiger partial charge in [0, 0.05) is 35.5 Å². The van der Waals surface area contributed by atoms with Crippen LogP contribution in [0.3, 0.4) is 0 Å². The van der Waals surface area contributed by atoms with E-state index in [2.05, 4.69) is 0 Å². The summed E-state index contributed by atoms with van der Waals surface area (Å²) in [6.45, 7) is 29.7. The Labute approximate surface area is 810 Å². The van der Waals surface area contributed by atoms with E-state index in [4.69, 9.17) is 104 Å². The van der Waals surface area contributed by atoms with Crippen LogP contribution in [-0.4, -0.2) is 270 Å². The molecule has 0 spiro atoms. The molecule has 37 unspecified atom stereocenters. The molecule has 19 rings (SSSR count). The number of rotatable bonds is 31. The maximum Gasteiger partial charge on any atom is 0.344 e. The van der Waals surface area contributed by atoms with Crippen LogP contribution < -0.4 is 0 Å². The second-order valence-corrected chi connectivity index (χ2v) is 42.2. The summed E-state index contributed by atoms with van der Waals surface area (Å²) in [5.74, 6) is -14.8. The van der Waals surface area contributed by atoms with Crippen LogP contribution in [-0.2, 0) is 195 Å². The molecule has 41 nitrogen and oxygen atoms in total. The van der Waals surface area contributed by atoms with Crippen LogP contribution in [0, 0.1) is 129 Å². The van der Waals surface area contributed by atoms with Crippen molar-refractivity contribution >= 4 is 113 Å². The van der Waals surface area contributed by atoms with Crippen molar-refractivity contribution in [1.82, 2.24) is 0 Å². The van der Waals surface area contributed by atoms with E-state index in [-0.39, 0.29) is 168 Å². The molecule has 0 aromatic heterocycles. The van der Waals surface area contributed by atoms with Gasteiger partial charge in [0.25, 0.3) is 0 Å². The Bertz CT molecular complexity index is 4790. The van der Waals surface area contributed by atoms with Crippen molar-refractivity contribution < 1.29 is 195 Å². The van der Waals surface area contributed by atoms with Gasteiger partial charge in [0.05, 0.1) is 114 Å². The van der Waals surface area contributed by atoms with Crippen LogP contribution in [0.2, 0.25) is 0 Å². The van der Waals surface area contributed by atoms with Gasteiger partial charge >= 0.3 is 113 Å². The summed E-state index contributed by atoms with van der Waals surface area (Å²) < 4.78 is 117. The summed E-state index contributed by atoms with van der Waals surface area (Å²) in [5.41, 5.74) is -2.48. The Morgan fingerprint density at radius 2 is 0.657 bits per heavy atom.